The molecule has 0 aliphatic rings. The number of aliphatic hydroxyl groups excluding tert-OH is 1. The molecule has 0 amide bonds. The average molecular weight is 297 g/mol. The zero-order valence-electron chi connectivity index (χ0n) is 11.3. The summed E-state index contributed by atoms with van der Waals surface area (Å²) in [4.78, 5) is 15.9. The summed E-state index contributed by atoms with van der Waals surface area (Å²) in [7, 11) is 0. The molecule has 3 rings (SSSR count). The Labute approximate surface area is 124 Å². The maximum atomic E-state index is 11.7. The van der Waals surface area contributed by atoms with E-state index in [9.17, 15) is 9.90 Å². The highest BCUT2D eigenvalue weighted by atomic mass is 16.3. The Kier molecular flexibility index (Phi) is 3.69. The second kappa shape index (κ2) is 5.95. The highest BCUT2D eigenvalue weighted by Gasteiger charge is 2.12. The van der Waals surface area contributed by atoms with Gasteiger partial charge in [0.15, 0.2) is 0 Å². The third-order valence-corrected chi connectivity index (χ3v) is 2.79. The lowest BCUT2D eigenvalue weighted by Crippen LogP contribution is -2.03. The molecule has 3 heterocycles. The smallest absolute Gasteiger partial charge is 0.244 e. The lowest BCUT2D eigenvalue weighted by Gasteiger charge is -2.00. The number of tetrazole rings is 1. The van der Waals surface area contributed by atoms with Crippen molar-refractivity contribution in [1.82, 2.24) is 35.4 Å². The highest BCUT2D eigenvalue weighted by Crippen LogP contribution is 2.10. The second-order valence-electron chi connectivity index (χ2n) is 4.35. The topological polar surface area (TPSA) is 122 Å². The molecule has 0 spiro atoms. The third kappa shape index (κ3) is 3.03. The first-order chi connectivity index (χ1) is 10.7. The summed E-state index contributed by atoms with van der Waals surface area (Å²) < 4.78 is 1.61. The molecule has 0 aliphatic carbocycles. The van der Waals surface area contributed by atoms with Gasteiger partial charge in [0.2, 0.25) is 11.6 Å². The Bertz CT molecular complexity index is 793. The fourth-order valence-corrected chi connectivity index (χ4v) is 1.77. The predicted molar refractivity (Wildman–Crippen MR) is 74.7 cm³/mol. The first-order valence-electron chi connectivity index (χ1n) is 6.34. The lowest BCUT2D eigenvalue weighted by atomic mass is 10.2. The molecule has 9 heteroatoms. The summed E-state index contributed by atoms with van der Waals surface area (Å²) in [6.07, 6.45) is 4.38. The number of allylic oxidation sites excluding steroid dienone is 1. The Morgan fingerprint density at radius 2 is 2.27 bits per heavy atom. The van der Waals surface area contributed by atoms with Gasteiger partial charge in [0.1, 0.15) is 11.5 Å². The van der Waals surface area contributed by atoms with Crippen LogP contribution in [0.25, 0.3) is 5.76 Å². The van der Waals surface area contributed by atoms with E-state index in [-0.39, 0.29) is 17.3 Å². The fourth-order valence-electron chi connectivity index (χ4n) is 1.77. The number of carbonyl (C=O) groups excluding carboxylic acids is 1. The normalized spacial score (nSPS) is 11.5. The maximum Gasteiger partial charge on any atom is 0.244 e. The van der Waals surface area contributed by atoms with E-state index in [4.69, 9.17) is 0 Å². The van der Waals surface area contributed by atoms with Crippen molar-refractivity contribution < 1.29 is 9.90 Å². The summed E-state index contributed by atoms with van der Waals surface area (Å²) >= 11 is 0. The van der Waals surface area contributed by atoms with Gasteiger partial charge >= 0.3 is 0 Å². The van der Waals surface area contributed by atoms with Gasteiger partial charge in [0.05, 0.1) is 12.2 Å². The van der Waals surface area contributed by atoms with E-state index in [1.165, 1.54) is 0 Å². The minimum atomic E-state index is -0.564. The van der Waals surface area contributed by atoms with E-state index in [2.05, 4.69) is 30.7 Å². The van der Waals surface area contributed by atoms with E-state index >= 15 is 0 Å². The first kappa shape index (κ1) is 13.6. The van der Waals surface area contributed by atoms with E-state index in [0.29, 0.717) is 6.54 Å². The number of aliphatic hydroxyl groups is 1. The molecule has 0 fully saturated rings. The number of H-pyrrole nitrogens is 1. The van der Waals surface area contributed by atoms with Crippen LogP contribution in [0.1, 0.15) is 22.0 Å². The van der Waals surface area contributed by atoms with E-state index in [1.807, 2.05) is 18.2 Å². The zero-order chi connectivity index (χ0) is 15.4. The Balaban J connectivity index is 1.74. The van der Waals surface area contributed by atoms with Gasteiger partial charge in [0.25, 0.3) is 0 Å². The maximum absolute atomic E-state index is 11.7. The van der Waals surface area contributed by atoms with Gasteiger partial charge in [-0.1, -0.05) is 6.07 Å². The molecule has 3 aromatic rings. The molecule has 3 aromatic heterocycles. The number of nitrogens with one attached hydrogen (secondary N) is 1. The van der Waals surface area contributed by atoms with E-state index < -0.39 is 5.78 Å². The minimum Gasteiger partial charge on any atom is -0.505 e. The Morgan fingerprint density at radius 3 is 3.00 bits per heavy atom. The van der Waals surface area contributed by atoms with Gasteiger partial charge in [0, 0.05) is 18.5 Å². The number of hydrogen-bond donors (Lipinski definition) is 2. The summed E-state index contributed by atoms with van der Waals surface area (Å²) in [5, 5.41) is 26.6. The van der Waals surface area contributed by atoms with E-state index in [1.54, 1.807) is 23.1 Å². The second-order valence-corrected chi connectivity index (χ2v) is 4.35. The number of ketones is 1. The van der Waals surface area contributed by atoms with Crippen molar-refractivity contribution in [2.24, 2.45) is 0 Å². The molecule has 0 aromatic carbocycles. The third-order valence-electron chi connectivity index (χ3n) is 2.79. The van der Waals surface area contributed by atoms with Crippen LogP contribution in [0, 0.1) is 0 Å². The molecule has 0 radical (unpaired) electrons. The molecular weight excluding hydrogens is 286 g/mol. The molecule has 0 saturated heterocycles. The average Bonchev–Trinajstić information content (AvgIpc) is 3.19. The number of rotatable bonds is 5. The van der Waals surface area contributed by atoms with Gasteiger partial charge in [-0.25, -0.2) is 0 Å². The molecule has 0 atom stereocenters. The fraction of sp³-hybridized carbons (Fsp3) is 0.0769. The Hall–Kier alpha value is -3.36. The van der Waals surface area contributed by atoms with Crippen molar-refractivity contribution in [2.45, 2.75) is 6.54 Å². The highest BCUT2D eigenvalue weighted by molar-refractivity contribution is 6.04. The molecule has 0 saturated carbocycles. The van der Waals surface area contributed by atoms with Gasteiger partial charge < -0.3 is 5.11 Å². The molecule has 9 nitrogen and oxygen atoms in total. The number of nitrogens with zero attached hydrogens (tertiary/aromatic N) is 6. The SMILES string of the molecule is O=C(C=C(O)c1ccn(Cc2ccccn2)n1)c1nn[nH]n1. The molecule has 0 bridgehead atoms. The van der Waals surface area contributed by atoms with Crippen molar-refractivity contribution in [3.8, 4) is 0 Å². The largest absolute Gasteiger partial charge is 0.505 e. The van der Waals surface area contributed by atoms with Crippen LogP contribution in [-0.2, 0) is 6.54 Å². The predicted octanol–water partition coefficient (Wildman–Crippen LogP) is 0.621. The van der Waals surface area contributed by atoms with Gasteiger partial charge in [-0.15, -0.1) is 10.2 Å². The molecule has 0 unspecified atom stereocenters. The van der Waals surface area contributed by atoms with Crippen molar-refractivity contribution in [2.75, 3.05) is 0 Å². The minimum absolute atomic E-state index is 0.125. The molecule has 110 valence electrons. The summed E-state index contributed by atoms with van der Waals surface area (Å²) in [5.74, 6) is -0.959. The quantitative estimate of drug-likeness (QED) is 0.402. The van der Waals surface area contributed by atoms with Crippen LogP contribution in [0.15, 0.2) is 42.7 Å². The molecular formula is C13H11N7O2. The van der Waals surface area contributed by atoms with Crippen molar-refractivity contribution in [3.63, 3.8) is 0 Å². The number of aromatic nitrogens is 7. The van der Waals surface area contributed by atoms with Gasteiger partial charge in [-0.2, -0.15) is 10.3 Å². The van der Waals surface area contributed by atoms with Crippen LogP contribution in [-0.4, -0.2) is 46.3 Å². The summed E-state index contributed by atoms with van der Waals surface area (Å²) in [6.45, 7) is 0.465. The summed E-state index contributed by atoms with van der Waals surface area (Å²) in [6, 6.07) is 7.18. The van der Waals surface area contributed by atoms with Crippen molar-refractivity contribution >= 4 is 11.5 Å². The van der Waals surface area contributed by atoms with Crippen LogP contribution in [0.4, 0.5) is 0 Å². The van der Waals surface area contributed by atoms with Crippen LogP contribution >= 0.6 is 0 Å². The lowest BCUT2D eigenvalue weighted by molar-refractivity contribution is 0.103. The monoisotopic (exact) mass is 297 g/mol. The van der Waals surface area contributed by atoms with Gasteiger partial charge in [-0.3, -0.25) is 14.5 Å². The zero-order valence-corrected chi connectivity index (χ0v) is 11.3. The van der Waals surface area contributed by atoms with E-state index in [0.717, 1.165) is 11.8 Å². The standard InChI is InChI=1S/C13H11N7O2/c21-11(7-12(22)13-15-18-19-16-13)10-4-6-20(17-10)8-9-3-1-2-5-14-9/h1-7,21H,8H2,(H,15,16,18,19). The van der Waals surface area contributed by atoms with Crippen LogP contribution in [0.5, 0.6) is 0 Å². The molecule has 2 N–H and O–H groups in total. The van der Waals surface area contributed by atoms with Crippen LogP contribution in [0.2, 0.25) is 0 Å². The van der Waals surface area contributed by atoms with Gasteiger partial charge in [-0.05, 0) is 23.4 Å². The van der Waals surface area contributed by atoms with Crippen LogP contribution < -0.4 is 0 Å². The Morgan fingerprint density at radius 1 is 1.36 bits per heavy atom. The van der Waals surface area contributed by atoms with Crippen LogP contribution in [0.3, 0.4) is 0 Å². The number of aromatic amines is 1. The van der Waals surface area contributed by atoms with Crippen molar-refractivity contribution in [1.29, 1.82) is 0 Å². The number of pyridine rings is 1. The number of hydrogen-bond acceptors (Lipinski definition) is 7. The first-order valence-corrected chi connectivity index (χ1v) is 6.34. The molecule has 22 heavy (non-hydrogen) atoms. The molecule has 0 aliphatic heterocycles. The van der Waals surface area contributed by atoms with Crippen molar-refractivity contribution in [3.05, 3.63) is 59.9 Å². The summed E-state index contributed by atoms with van der Waals surface area (Å²) in [5.41, 5.74) is 1.11. The number of carbonyl (C=O) groups is 1.